The lowest BCUT2D eigenvalue weighted by atomic mass is 9.81. The van der Waals surface area contributed by atoms with Gasteiger partial charge in [0.05, 0.1) is 8.26 Å². The molecule has 53 heavy (non-hydrogen) atoms. The average Bonchev–Trinajstić information content (AvgIpc) is 3.61. The Balaban J connectivity index is 1.00. The molecule has 0 aliphatic heterocycles. The molecule has 1 heterocycles. The number of anilines is 3. The SMILES string of the molecule is [2H]/C(=C(/[2H])c1ccc2c(c1)C(C)(C)c1cc3c(cc1-2)c(C)c(C)n3-c1ccccc1)c1ccc(-c2ccc(N(c3ccccc3)c3ccccc3)cc2)cc1. The first kappa shape index (κ1) is 30.3. The number of rotatable bonds is 7. The molecule has 0 amide bonds. The van der Waals surface area contributed by atoms with Gasteiger partial charge in [0, 0.05) is 39.2 Å². The van der Waals surface area contributed by atoms with Crippen LogP contribution in [0, 0.1) is 13.8 Å². The van der Waals surface area contributed by atoms with Crippen LogP contribution in [-0.4, -0.2) is 4.57 Å². The molecule has 0 saturated heterocycles. The minimum atomic E-state index is -0.263. The average molecular weight is 685 g/mol. The van der Waals surface area contributed by atoms with Crippen LogP contribution in [0.4, 0.5) is 17.1 Å². The van der Waals surface area contributed by atoms with Gasteiger partial charge < -0.3 is 9.47 Å². The second-order valence-electron chi connectivity index (χ2n) is 14.6. The van der Waals surface area contributed by atoms with Gasteiger partial charge in [0.25, 0.3) is 0 Å². The predicted octanol–water partition coefficient (Wildman–Crippen LogP) is 13.9. The zero-order chi connectivity index (χ0) is 37.8. The first-order valence-corrected chi connectivity index (χ1v) is 18.4. The van der Waals surface area contributed by atoms with Crippen molar-refractivity contribution in [3.05, 3.63) is 203 Å². The van der Waals surface area contributed by atoms with Crippen LogP contribution in [-0.2, 0) is 5.41 Å². The third-order valence-corrected chi connectivity index (χ3v) is 11.1. The maximum atomic E-state index is 9.19. The van der Waals surface area contributed by atoms with Crippen molar-refractivity contribution in [3.63, 3.8) is 0 Å². The summed E-state index contributed by atoms with van der Waals surface area (Å²) in [6.45, 7) is 8.99. The van der Waals surface area contributed by atoms with E-state index in [9.17, 15) is 1.37 Å². The fourth-order valence-corrected chi connectivity index (χ4v) is 8.08. The van der Waals surface area contributed by atoms with E-state index < -0.39 is 0 Å². The summed E-state index contributed by atoms with van der Waals surface area (Å²) in [5, 5.41) is 1.27. The Hall–Kier alpha value is -6.38. The zero-order valence-electron chi connectivity index (χ0n) is 32.6. The molecule has 0 atom stereocenters. The van der Waals surface area contributed by atoms with E-state index in [0.29, 0.717) is 0 Å². The molecule has 0 fully saturated rings. The number of aryl methyl sites for hydroxylation is 1. The second kappa shape index (κ2) is 13.0. The number of hydrogen-bond acceptors (Lipinski definition) is 1. The maximum absolute atomic E-state index is 9.19. The van der Waals surface area contributed by atoms with Crippen LogP contribution >= 0.6 is 0 Å². The van der Waals surface area contributed by atoms with Crippen LogP contribution < -0.4 is 4.90 Å². The Bertz CT molecular complexity index is 2690. The second-order valence-corrected chi connectivity index (χ2v) is 14.6. The highest BCUT2D eigenvalue weighted by molar-refractivity contribution is 5.96. The molecule has 2 nitrogen and oxygen atoms in total. The summed E-state index contributed by atoms with van der Waals surface area (Å²) >= 11 is 0. The van der Waals surface area contributed by atoms with Gasteiger partial charge in [-0.2, -0.15) is 0 Å². The highest BCUT2D eigenvalue weighted by Gasteiger charge is 2.36. The highest BCUT2D eigenvalue weighted by Crippen LogP contribution is 2.51. The highest BCUT2D eigenvalue weighted by atomic mass is 15.1. The standard InChI is InChI=1S/C51H42N2/c1-35-36(2)52(41-14-8-5-9-15-41)50-34-49-47(33-46(35)50)45-31-24-38(32-48(45)51(49,3)4)21-20-37-22-25-39(26-23-37)40-27-29-44(30-28-40)53(42-16-10-6-11-17-42)43-18-12-7-13-19-43/h5-34H,1-4H3/b21-20+/i20D,21D. The van der Waals surface area contributed by atoms with E-state index in [4.69, 9.17) is 1.37 Å². The first-order chi connectivity index (χ1) is 26.7. The smallest absolute Gasteiger partial charge is 0.0629 e. The van der Waals surface area contributed by atoms with E-state index in [1.165, 1.54) is 50.1 Å². The molecule has 1 aliphatic rings. The van der Waals surface area contributed by atoms with Crippen molar-refractivity contribution < 1.29 is 2.74 Å². The maximum Gasteiger partial charge on any atom is 0.0629 e. The summed E-state index contributed by atoms with van der Waals surface area (Å²) in [6, 6.07) is 59.5. The first-order valence-electron chi connectivity index (χ1n) is 19.4. The molecule has 1 aliphatic carbocycles. The molecule has 0 N–H and O–H groups in total. The van der Waals surface area contributed by atoms with Crippen molar-refractivity contribution in [1.29, 1.82) is 0 Å². The molecular formula is C51H42N2. The van der Waals surface area contributed by atoms with Crippen LogP contribution in [0.5, 0.6) is 0 Å². The lowest BCUT2D eigenvalue weighted by Gasteiger charge is -2.25. The minimum Gasteiger partial charge on any atom is -0.314 e. The van der Waals surface area contributed by atoms with Crippen molar-refractivity contribution in [2.45, 2.75) is 33.1 Å². The van der Waals surface area contributed by atoms with Crippen molar-refractivity contribution >= 4 is 40.1 Å². The quantitative estimate of drug-likeness (QED) is 0.152. The van der Waals surface area contributed by atoms with Crippen LogP contribution in [0.25, 0.3) is 50.9 Å². The van der Waals surface area contributed by atoms with E-state index in [2.05, 4.69) is 177 Å². The van der Waals surface area contributed by atoms with Gasteiger partial charge in [-0.15, -0.1) is 0 Å². The molecule has 0 unspecified atom stereocenters. The molecule has 256 valence electrons. The molecule has 7 aromatic carbocycles. The molecule has 0 radical (unpaired) electrons. The number of nitrogens with zero attached hydrogens (tertiary/aromatic N) is 2. The van der Waals surface area contributed by atoms with Gasteiger partial charge >= 0.3 is 0 Å². The third-order valence-electron chi connectivity index (χ3n) is 11.1. The molecule has 0 bridgehead atoms. The number of aromatic nitrogens is 1. The van der Waals surface area contributed by atoms with Gasteiger partial charge in [-0.25, -0.2) is 0 Å². The Labute approximate surface area is 315 Å². The van der Waals surface area contributed by atoms with Crippen LogP contribution in [0.15, 0.2) is 170 Å². The van der Waals surface area contributed by atoms with E-state index in [-0.39, 0.29) is 17.5 Å². The molecule has 9 rings (SSSR count). The topological polar surface area (TPSA) is 8.17 Å². The van der Waals surface area contributed by atoms with Gasteiger partial charge in [-0.05, 0) is 125 Å². The molecule has 0 saturated carbocycles. The summed E-state index contributed by atoms with van der Waals surface area (Å²) in [4.78, 5) is 2.25. The molecule has 2 heteroatoms. The third kappa shape index (κ3) is 5.68. The minimum absolute atomic E-state index is 0.213. The van der Waals surface area contributed by atoms with Crippen LogP contribution in [0.2, 0.25) is 0 Å². The van der Waals surface area contributed by atoms with Crippen molar-refractivity contribution in [1.82, 2.24) is 4.57 Å². The molecule has 8 aromatic rings. The lowest BCUT2D eigenvalue weighted by Crippen LogP contribution is -2.15. The van der Waals surface area contributed by atoms with Gasteiger partial charge in [0.15, 0.2) is 0 Å². The van der Waals surface area contributed by atoms with Crippen LogP contribution in [0.3, 0.4) is 0 Å². The Kier molecular flexibility index (Phi) is 7.42. The van der Waals surface area contributed by atoms with Crippen molar-refractivity contribution in [3.8, 4) is 27.9 Å². The summed E-state index contributed by atoms with van der Waals surface area (Å²) in [5.74, 6) is 0. The van der Waals surface area contributed by atoms with E-state index in [0.717, 1.165) is 39.3 Å². The fraction of sp³-hybridized carbons (Fsp3) is 0.0980. The molecular weight excluding hydrogens is 641 g/mol. The zero-order valence-corrected chi connectivity index (χ0v) is 30.6. The van der Waals surface area contributed by atoms with E-state index in [1.54, 1.807) is 0 Å². The number of para-hydroxylation sites is 3. The Morgan fingerprint density at radius 3 is 1.66 bits per heavy atom. The van der Waals surface area contributed by atoms with Gasteiger partial charge in [-0.1, -0.05) is 135 Å². The lowest BCUT2D eigenvalue weighted by molar-refractivity contribution is 0.660. The molecule has 1 aromatic heterocycles. The van der Waals surface area contributed by atoms with Gasteiger partial charge in [-0.3, -0.25) is 0 Å². The molecule has 0 spiro atoms. The van der Waals surface area contributed by atoms with Crippen LogP contribution in [0.1, 0.15) is 50.1 Å². The monoisotopic (exact) mass is 684 g/mol. The van der Waals surface area contributed by atoms with E-state index >= 15 is 0 Å². The number of hydrogen-bond donors (Lipinski definition) is 0. The van der Waals surface area contributed by atoms with Gasteiger partial charge in [0.1, 0.15) is 0 Å². The van der Waals surface area contributed by atoms with Crippen molar-refractivity contribution in [2.24, 2.45) is 0 Å². The van der Waals surface area contributed by atoms with Gasteiger partial charge in [0.2, 0.25) is 0 Å². The summed E-state index contributed by atoms with van der Waals surface area (Å²) in [7, 11) is 0. The summed E-state index contributed by atoms with van der Waals surface area (Å²) in [6.07, 6.45) is 0. The number of fused-ring (bicyclic) bond motifs is 4. The Morgan fingerprint density at radius 1 is 0.528 bits per heavy atom. The normalized spacial score (nSPS) is 13.9. The largest absolute Gasteiger partial charge is 0.314 e. The Morgan fingerprint density at radius 2 is 1.04 bits per heavy atom. The fourth-order valence-electron chi connectivity index (χ4n) is 8.08. The van der Waals surface area contributed by atoms with Crippen molar-refractivity contribution in [2.75, 3.05) is 4.90 Å². The number of benzene rings is 7. The van der Waals surface area contributed by atoms with E-state index in [1.807, 2.05) is 30.3 Å². The summed E-state index contributed by atoms with van der Waals surface area (Å²) < 4.78 is 20.7. The summed E-state index contributed by atoms with van der Waals surface area (Å²) in [5.41, 5.74) is 16.5. The predicted molar refractivity (Wildman–Crippen MR) is 226 cm³/mol.